The Morgan fingerprint density at radius 3 is 2.44 bits per heavy atom. The van der Waals surface area contributed by atoms with Gasteiger partial charge in [-0.05, 0) is 49.4 Å². The van der Waals surface area contributed by atoms with E-state index in [-0.39, 0.29) is 23.6 Å². The molecule has 2 aromatic carbocycles. The van der Waals surface area contributed by atoms with E-state index in [9.17, 15) is 18.0 Å². The lowest BCUT2D eigenvalue weighted by Crippen LogP contribution is -2.33. The van der Waals surface area contributed by atoms with Crippen molar-refractivity contribution in [2.75, 3.05) is 24.9 Å². The highest BCUT2D eigenvalue weighted by molar-refractivity contribution is 9.10. The lowest BCUT2D eigenvalue weighted by molar-refractivity contribution is -0.143. The van der Waals surface area contributed by atoms with E-state index in [0.29, 0.717) is 5.69 Å². The zero-order valence-corrected chi connectivity index (χ0v) is 17.2. The molecule has 0 radical (unpaired) electrons. The molecule has 0 aliphatic carbocycles. The Labute approximate surface area is 166 Å². The summed E-state index contributed by atoms with van der Waals surface area (Å²) in [6.07, 6.45) is 0. The summed E-state index contributed by atoms with van der Waals surface area (Å²) in [5.41, 5.74) is 0.551. The Hall–Kier alpha value is -2.39. The molecular weight excluding hydrogens is 436 g/mol. The van der Waals surface area contributed by atoms with Crippen LogP contribution in [0.25, 0.3) is 0 Å². The summed E-state index contributed by atoms with van der Waals surface area (Å²) in [4.78, 5) is 25.1. The SMILES string of the molecule is CCOC(=O)CN(C)C(=O)c1cccc(S(=O)(=O)Nc2ccc(Br)cc2)c1. The van der Waals surface area contributed by atoms with Gasteiger partial charge in [-0.15, -0.1) is 0 Å². The van der Waals surface area contributed by atoms with Gasteiger partial charge in [0.15, 0.2) is 0 Å². The highest BCUT2D eigenvalue weighted by Gasteiger charge is 2.19. The van der Waals surface area contributed by atoms with E-state index < -0.39 is 21.9 Å². The number of hydrogen-bond donors (Lipinski definition) is 1. The lowest BCUT2D eigenvalue weighted by Gasteiger charge is -2.16. The van der Waals surface area contributed by atoms with Crippen LogP contribution >= 0.6 is 15.9 Å². The lowest BCUT2D eigenvalue weighted by atomic mass is 10.2. The molecule has 0 aliphatic rings. The Kier molecular flexibility index (Phi) is 6.98. The summed E-state index contributed by atoms with van der Waals surface area (Å²) in [7, 11) is -2.42. The summed E-state index contributed by atoms with van der Waals surface area (Å²) in [5, 5.41) is 0. The monoisotopic (exact) mass is 454 g/mol. The predicted octanol–water partition coefficient (Wildman–Crippen LogP) is 2.89. The van der Waals surface area contributed by atoms with E-state index in [1.54, 1.807) is 31.2 Å². The summed E-state index contributed by atoms with van der Waals surface area (Å²) < 4.78 is 33.2. The maximum Gasteiger partial charge on any atom is 0.325 e. The van der Waals surface area contributed by atoms with Gasteiger partial charge in [-0.25, -0.2) is 8.42 Å². The van der Waals surface area contributed by atoms with Crippen LogP contribution in [0.15, 0.2) is 57.9 Å². The second-order valence-corrected chi connectivity index (χ2v) is 8.20. The van der Waals surface area contributed by atoms with Gasteiger partial charge >= 0.3 is 5.97 Å². The van der Waals surface area contributed by atoms with Gasteiger partial charge in [-0.1, -0.05) is 22.0 Å². The van der Waals surface area contributed by atoms with E-state index in [1.165, 1.54) is 36.2 Å². The van der Waals surface area contributed by atoms with Crippen molar-refractivity contribution < 1.29 is 22.7 Å². The molecule has 0 aliphatic heterocycles. The van der Waals surface area contributed by atoms with Crippen LogP contribution in [-0.4, -0.2) is 45.4 Å². The molecule has 0 saturated heterocycles. The van der Waals surface area contributed by atoms with Gasteiger partial charge in [-0.2, -0.15) is 0 Å². The molecule has 0 heterocycles. The number of anilines is 1. The number of nitrogens with zero attached hydrogens (tertiary/aromatic N) is 1. The van der Waals surface area contributed by atoms with Crippen molar-refractivity contribution in [1.29, 1.82) is 0 Å². The van der Waals surface area contributed by atoms with Crippen molar-refractivity contribution in [1.82, 2.24) is 4.90 Å². The molecule has 2 aromatic rings. The molecule has 7 nitrogen and oxygen atoms in total. The minimum absolute atomic E-state index is 0.0548. The molecule has 0 aromatic heterocycles. The maximum atomic E-state index is 12.6. The van der Waals surface area contributed by atoms with E-state index >= 15 is 0 Å². The van der Waals surface area contributed by atoms with Gasteiger partial charge in [0.2, 0.25) is 0 Å². The van der Waals surface area contributed by atoms with Gasteiger partial charge < -0.3 is 9.64 Å². The van der Waals surface area contributed by atoms with Crippen LogP contribution < -0.4 is 4.72 Å². The molecule has 1 amide bonds. The number of hydrogen-bond acceptors (Lipinski definition) is 5. The van der Waals surface area contributed by atoms with Gasteiger partial charge in [0.25, 0.3) is 15.9 Å². The maximum absolute atomic E-state index is 12.6. The smallest absolute Gasteiger partial charge is 0.325 e. The number of ether oxygens (including phenoxy) is 1. The average molecular weight is 455 g/mol. The minimum Gasteiger partial charge on any atom is -0.465 e. The number of likely N-dealkylation sites (N-methyl/N-ethyl adjacent to an activating group) is 1. The third-order valence-corrected chi connectivity index (χ3v) is 5.41. The number of esters is 1. The first-order valence-corrected chi connectivity index (χ1v) is 10.3. The highest BCUT2D eigenvalue weighted by Crippen LogP contribution is 2.20. The van der Waals surface area contributed by atoms with Gasteiger partial charge in [-0.3, -0.25) is 14.3 Å². The second kappa shape index (κ2) is 9.01. The fourth-order valence-electron chi connectivity index (χ4n) is 2.22. The Morgan fingerprint density at radius 1 is 1.15 bits per heavy atom. The predicted molar refractivity (Wildman–Crippen MR) is 105 cm³/mol. The Morgan fingerprint density at radius 2 is 1.81 bits per heavy atom. The normalized spacial score (nSPS) is 10.9. The zero-order chi connectivity index (χ0) is 20.0. The number of nitrogens with one attached hydrogen (secondary N) is 1. The number of carbonyl (C=O) groups excluding carboxylic acids is 2. The van der Waals surface area contributed by atoms with Crippen LogP contribution in [0.5, 0.6) is 0 Å². The van der Waals surface area contributed by atoms with Crippen molar-refractivity contribution >= 4 is 43.5 Å². The first-order chi connectivity index (χ1) is 12.7. The number of benzene rings is 2. The molecule has 144 valence electrons. The van der Waals surface area contributed by atoms with Crippen molar-refractivity contribution in [3.8, 4) is 0 Å². The fraction of sp³-hybridized carbons (Fsp3) is 0.222. The molecule has 0 atom stereocenters. The van der Waals surface area contributed by atoms with Gasteiger partial charge in [0.05, 0.1) is 11.5 Å². The standard InChI is InChI=1S/C18H19BrN2O5S/c1-3-26-17(22)12-21(2)18(23)13-5-4-6-16(11-13)27(24,25)20-15-9-7-14(19)8-10-15/h4-11,20H,3,12H2,1-2H3. The first-order valence-electron chi connectivity index (χ1n) is 8.02. The molecule has 0 spiro atoms. The van der Waals surface area contributed by atoms with Crippen molar-refractivity contribution in [3.63, 3.8) is 0 Å². The van der Waals surface area contributed by atoms with Gasteiger partial charge in [0.1, 0.15) is 6.54 Å². The fourth-order valence-corrected chi connectivity index (χ4v) is 3.59. The molecule has 0 saturated carbocycles. The number of halogens is 1. The van der Waals surface area contributed by atoms with E-state index in [1.807, 2.05) is 0 Å². The number of amides is 1. The van der Waals surface area contributed by atoms with Gasteiger partial charge in [0, 0.05) is 22.8 Å². The van der Waals surface area contributed by atoms with E-state index in [4.69, 9.17) is 4.74 Å². The molecule has 1 N–H and O–H groups in total. The van der Waals surface area contributed by atoms with Crippen LogP contribution in [-0.2, 0) is 19.6 Å². The Balaban J connectivity index is 2.19. The van der Waals surface area contributed by atoms with Crippen LogP contribution in [0.4, 0.5) is 5.69 Å². The summed E-state index contributed by atoms with van der Waals surface area (Å²) in [6, 6.07) is 12.3. The van der Waals surface area contributed by atoms with E-state index in [2.05, 4.69) is 20.7 Å². The summed E-state index contributed by atoms with van der Waals surface area (Å²) in [5.74, 6) is -1.02. The molecule has 0 fully saturated rings. The first kappa shape index (κ1) is 20.9. The van der Waals surface area contributed by atoms with Crippen LogP contribution in [0.3, 0.4) is 0 Å². The molecule has 0 unspecified atom stereocenters. The van der Waals surface area contributed by atoms with Crippen LogP contribution in [0.1, 0.15) is 17.3 Å². The third-order valence-electron chi connectivity index (χ3n) is 3.51. The largest absolute Gasteiger partial charge is 0.465 e. The molecular formula is C18H19BrN2O5S. The molecule has 0 bridgehead atoms. The molecule has 2 rings (SSSR count). The number of rotatable bonds is 7. The quantitative estimate of drug-likeness (QED) is 0.649. The van der Waals surface area contributed by atoms with Crippen molar-refractivity contribution in [3.05, 3.63) is 58.6 Å². The average Bonchev–Trinajstić information content (AvgIpc) is 2.63. The summed E-state index contributed by atoms with van der Waals surface area (Å²) >= 11 is 3.28. The van der Waals surface area contributed by atoms with Crippen LogP contribution in [0, 0.1) is 0 Å². The zero-order valence-electron chi connectivity index (χ0n) is 14.8. The second-order valence-electron chi connectivity index (χ2n) is 5.61. The number of carbonyl (C=O) groups is 2. The van der Waals surface area contributed by atoms with Crippen molar-refractivity contribution in [2.24, 2.45) is 0 Å². The molecule has 9 heteroatoms. The third kappa shape index (κ3) is 5.80. The van der Waals surface area contributed by atoms with E-state index in [0.717, 1.165) is 4.47 Å². The Bertz CT molecular complexity index is 929. The minimum atomic E-state index is -3.87. The topological polar surface area (TPSA) is 92.8 Å². The highest BCUT2D eigenvalue weighted by atomic mass is 79.9. The van der Waals surface area contributed by atoms with Crippen LogP contribution in [0.2, 0.25) is 0 Å². The summed E-state index contributed by atoms with van der Waals surface area (Å²) in [6.45, 7) is 1.67. The molecule has 27 heavy (non-hydrogen) atoms. The number of sulfonamides is 1. The van der Waals surface area contributed by atoms with Crippen molar-refractivity contribution in [2.45, 2.75) is 11.8 Å².